The molecule has 2 atom stereocenters. The highest BCUT2D eigenvalue weighted by Gasteiger charge is 2.49. The van der Waals surface area contributed by atoms with Crippen molar-refractivity contribution >= 4 is 33.1 Å². The van der Waals surface area contributed by atoms with Crippen LogP contribution in [0.2, 0.25) is 0 Å². The van der Waals surface area contributed by atoms with Gasteiger partial charge in [0, 0.05) is 42.1 Å². The Morgan fingerprint density at radius 3 is 2.71 bits per heavy atom. The van der Waals surface area contributed by atoms with Gasteiger partial charge in [-0.3, -0.25) is 9.78 Å². The van der Waals surface area contributed by atoms with E-state index in [2.05, 4.69) is 20.5 Å². The number of carbonyl (C=O) groups is 1. The fourth-order valence-corrected chi connectivity index (χ4v) is 8.99. The molecule has 4 aromatic heterocycles. The van der Waals surface area contributed by atoms with Crippen molar-refractivity contribution < 1.29 is 27.1 Å². The van der Waals surface area contributed by atoms with Crippen molar-refractivity contribution in [1.29, 1.82) is 0 Å². The number of fused-ring (bicyclic) bond motifs is 5. The molecule has 2 aromatic carbocycles. The molecule has 3 aliphatic rings. The molecule has 13 heteroatoms. The summed E-state index contributed by atoms with van der Waals surface area (Å²) in [5.74, 6) is -2.18. The first-order valence-corrected chi connectivity index (χ1v) is 17.6. The van der Waals surface area contributed by atoms with Crippen molar-refractivity contribution in [3.63, 3.8) is 0 Å². The minimum atomic E-state index is -3.09. The van der Waals surface area contributed by atoms with E-state index in [1.807, 2.05) is 17.0 Å². The molecule has 6 aromatic rings. The zero-order chi connectivity index (χ0) is 35.0. The Bertz CT molecular complexity index is 2360. The summed E-state index contributed by atoms with van der Waals surface area (Å²) in [6.45, 7) is 2.33. The number of carbonyl (C=O) groups excluding carboxylic acids is 1. The van der Waals surface area contributed by atoms with Crippen molar-refractivity contribution in [3.05, 3.63) is 106 Å². The SMILES string of the molecule is COc1cccc2c1CC(F)(F)C2Nc1nccc2cc(-c3c4c(nc(CCc5ccc(F)cc5)c3-c3nnc(C)o3)C3CCCN3C4=O)sc12. The fourth-order valence-electron chi connectivity index (χ4n) is 7.83. The molecule has 1 fully saturated rings. The second-order valence-electron chi connectivity index (χ2n) is 13.2. The third-order valence-electron chi connectivity index (χ3n) is 10.1. The summed E-state index contributed by atoms with van der Waals surface area (Å²) in [7, 11) is 1.48. The van der Waals surface area contributed by atoms with Gasteiger partial charge in [-0.25, -0.2) is 18.2 Å². The van der Waals surface area contributed by atoms with E-state index in [4.69, 9.17) is 14.1 Å². The zero-order valence-corrected chi connectivity index (χ0v) is 28.5. The molecule has 0 saturated carbocycles. The molecule has 0 radical (unpaired) electrons. The van der Waals surface area contributed by atoms with Crippen molar-refractivity contribution in [3.8, 4) is 27.6 Å². The molecule has 51 heavy (non-hydrogen) atoms. The van der Waals surface area contributed by atoms with Crippen molar-refractivity contribution in [2.24, 2.45) is 0 Å². The Balaban J connectivity index is 1.21. The van der Waals surface area contributed by atoms with Gasteiger partial charge in [-0.1, -0.05) is 24.3 Å². The average molecular weight is 709 g/mol. The summed E-state index contributed by atoms with van der Waals surface area (Å²) < 4.78 is 57.1. The molecule has 1 saturated heterocycles. The number of rotatable bonds is 8. The normalized spacial score (nSPS) is 18.7. The van der Waals surface area contributed by atoms with Crippen LogP contribution < -0.4 is 10.1 Å². The number of hydrogen-bond donors (Lipinski definition) is 1. The summed E-state index contributed by atoms with van der Waals surface area (Å²) in [5.41, 5.74) is 4.95. The van der Waals surface area contributed by atoms with Crippen LogP contribution in [-0.2, 0) is 19.3 Å². The van der Waals surface area contributed by atoms with Crippen LogP contribution in [0.4, 0.5) is 19.0 Å². The third kappa shape index (κ3) is 5.16. The maximum absolute atomic E-state index is 15.6. The number of thiophene rings is 1. The van der Waals surface area contributed by atoms with Crippen molar-refractivity contribution in [1.82, 2.24) is 25.1 Å². The highest BCUT2D eigenvalue weighted by molar-refractivity contribution is 7.23. The highest BCUT2D eigenvalue weighted by atomic mass is 32.1. The first-order valence-electron chi connectivity index (χ1n) is 16.8. The van der Waals surface area contributed by atoms with Gasteiger partial charge >= 0.3 is 0 Å². The molecule has 9 nitrogen and oxygen atoms in total. The monoisotopic (exact) mass is 708 g/mol. The number of nitrogens with one attached hydrogen (secondary N) is 1. The minimum Gasteiger partial charge on any atom is -0.496 e. The number of hydrogen-bond acceptors (Lipinski definition) is 9. The van der Waals surface area contributed by atoms with Crippen LogP contribution >= 0.6 is 11.3 Å². The molecule has 9 rings (SSSR count). The molecule has 2 aliphatic heterocycles. The molecule has 1 aliphatic carbocycles. The Hall–Kier alpha value is -5.30. The second-order valence-corrected chi connectivity index (χ2v) is 14.3. The number of aromatic nitrogens is 4. The van der Waals surface area contributed by atoms with Crippen LogP contribution in [-0.4, -0.2) is 50.5 Å². The van der Waals surface area contributed by atoms with Crippen LogP contribution in [0.5, 0.6) is 5.75 Å². The molecule has 1 amide bonds. The van der Waals surface area contributed by atoms with Crippen molar-refractivity contribution in [2.45, 2.75) is 57.0 Å². The van der Waals surface area contributed by atoms with Crippen LogP contribution in [0.25, 0.3) is 32.0 Å². The van der Waals surface area contributed by atoms with E-state index in [1.54, 1.807) is 43.5 Å². The Morgan fingerprint density at radius 1 is 1.08 bits per heavy atom. The predicted molar refractivity (Wildman–Crippen MR) is 186 cm³/mol. The van der Waals surface area contributed by atoms with E-state index in [0.29, 0.717) is 80.7 Å². The Labute approximate surface area is 294 Å². The summed E-state index contributed by atoms with van der Waals surface area (Å²) >= 11 is 1.36. The van der Waals surface area contributed by atoms with Gasteiger partial charge in [0.1, 0.15) is 23.4 Å². The van der Waals surface area contributed by atoms with Crippen LogP contribution in [0.3, 0.4) is 0 Å². The molecule has 0 bridgehead atoms. The van der Waals surface area contributed by atoms with E-state index in [-0.39, 0.29) is 23.7 Å². The number of ether oxygens (including phenoxy) is 1. The Kier molecular flexibility index (Phi) is 7.39. The highest BCUT2D eigenvalue weighted by Crippen LogP contribution is 2.52. The van der Waals surface area contributed by atoms with E-state index in [0.717, 1.165) is 28.7 Å². The van der Waals surface area contributed by atoms with E-state index in [9.17, 15) is 9.18 Å². The molecule has 1 N–H and O–H groups in total. The van der Waals surface area contributed by atoms with Crippen LogP contribution in [0.15, 0.2) is 65.2 Å². The average Bonchev–Trinajstić information content (AvgIpc) is 3.95. The number of benzene rings is 2. The molecule has 6 heterocycles. The number of amides is 1. The number of anilines is 1. The van der Waals surface area contributed by atoms with E-state index >= 15 is 8.78 Å². The lowest BCUT2D eigenvalue weighted by Gasteiger charge is -2.22. The molecular weight excluding hydrogens is 678 g/mol. The van der Waals surface area contributed by atoms with Gasteiger partial charge in [-0.2, -0.15) is 0 Å². The van der Waals surface area contributed by atoms with Gasteiger partial charge in [0.05, 0.1) is 40.4 Å². The summed E-state index contributed by atoms with van der Waals surface area (Å²) in [5, 5.41) is 12.4. The number of alkyl halides is 2. The largest absolute Gasteiger partial charge is 0.496 e. The molecular formula is C38H31F3N6O3S. The molecule has 2 unspecified atom stereocenters. The number of halogens is 3. The Morgan fingerprint density at radius 2 is 1.92 bits per heavy atom. The number of aryl methyl sites for hydroxylation is 3. The summed E-state index contributed by atoms with van der Waals surface area (Å²) in [6.07, 6.45) is 3.84. The van der Waals surface area contributed by atoms with Gasteiger partial charge in [-0.05, 0) is 72.5 Å². The summed E-state index contributed by atoms with van der Waals surface area (Å²) in [4.78, 5) is 26.5. The quantitative estimate of drug-likeness (QED) is 0.168. The second kappa shape index (κ2) is 11.9. The van der Waals surface area contributed by atoms with Crippen LogP contribution in [0.1, 0.15) is 69.3 Å². The zero-order valence-electron chi connectivity index (χ0n) is 27.7. The maximum atomic E-state index is 15.6. The van der Waals surface area contributed by atoms with Gasteiger partial charge in [0.2, 0.25) is 11.8 Å². The number of methoxy groups -OCH3 is 1. The number of nitrogens with zero attached hydrogens (tertiary/aromatic N) is 5. The first kappa shape index (κ1) is 31.7. The standard InChI is InChI=1S/C38H31F3N6O3S/c1-19-45-46-36(50-19)29-25(13-10-20-8-11-22(39)12-9-20)43-32-26-6-4-16-47(26)37(48)31(32)30(29)28-17-21-14-15-42-35(33(21)51-28)44-34-23-5-3-7-27(49-2)24(23)18-38(34,40)41/h3,5,7-9,11-12,14-15,17,26,34H,4,6,10,13,16,18H2,1-2H3,(H,42,44). The summed E-state index contributed by atoms with van der Waals surface area (Å²) in [6, 6.07) is 13.8. The van der Waals surface area contributed by atoms with Gasteiger partial charge in [0.25, 0.3) is 11.8 Å². The lowest BCUT2D eigenvalue weighted by molar-refractivity contribution is -0.00734. The van der Waals surface area contributed by atoms with Crippen molar-refractivity contribution in [2.75, 3.05) is 19.0 Å². The fraction of sp³-hybridized carbons (Fsp3) is 0.289. The van der Waals surface area contributed by atoms with Crippen LogP contribution in [0, 0.1) is 12.7 Å². The molecule has 0 spiro atoms. The van der Waals surface area contributed by atoms with E-state index < -0.39 is 18.4 Å². The predicted octanol–water partition coefficient (Wildman–Crippen LogP) is 8.28. The van der Waals surface area contributed by atoms with Gasteiger partial charge < -0.3 is 19.4 Å². The molecule has 258 valence electrons. The maximum Gasteiger partial charge on any atom is 0.276 e. The smallest absolute Gasteiger partial charge is 0.276 e. The van der Waals surface area contributed by atoms with E-state index in [1.165, 1.54) is 30.6 Å². The lowest BCUT2D eigenvalue weighted by atomic mass is 9.93. The third-order valence-corrected chi connectivity index (χ3v) is 11.3. The number of pyridine rings is 2. The van der Waals surface area contributed by atoms with Gasteiger partial charge in [-0.15, -0.1) is 21.5 Å². The van der Waals surface area contributed by atoms with Gasteiger partial charge in [0.15, 0.2) is 0 Å². The lowest BCUT2D eigenvalue weighted by Crippen LogP contribution is -2.28. The minimum absolute atomic E-state index is 0.109. The topological polar surface area (TPSA) is 106 Å². The first-order chi connectivity index (χ1) is 24.7.